The van der Waals surface area contributed by atoms with Crippen LogP contribution in [0.2, 0.25) is 0 Å². The maximum Gasteiger partial charge on any atom is 0.253 e. The Morgan fingerprint density at radius 3 is 2.69 bits per heavy atom. The Hall–Kier alpha value is -1.55. The highest BCUT2D eigenvalue weighted by Crippen LogP contribution is 2.10. The number of nitrogens with zero attached hydrogens (tertiary/aromatic N) is 1. The van der Waals surface area contributed by atoms with Crippen molar-refractivity contribution in [3.05, 3.63) is 29.8 Å². The van der Waals surface area contributed by atoms with E-state index in [-0.39, 0.29) is 5.91 Å². The molecule has 1 aromatic rings. The molecule has 0 atom stereocenters. The molecular weight excluding hydrogens is 168 g/mol. The minimum Gasteiger partial charge on any atom is -0.345 e. The molecule has 1 amide bonds. The fourth-order valence-corrected chi connectivity index (χ4v) is 0.980. The minimum atomic E-state index is -0.0860. The number of rotatable bonds is 2. The van der Waals surface area contributed by atoms with Gasteiger partial charge in [0.1, 0.15) is 0 Å². The molecule has 4 heteroatoms. The first-order valence-corrected chi connectivity index (χ1v) is 3.87. The summed E-state index contributed by atoms with van der Waals surface area (Å²) in [6.45, 7) is 0. The molecular formula is C9H12N2O2. The first-order valence-electron chi connectivity index (χ1n) is 3.87. The van der Waals surface area contributed by atoms with E-state index in [0.717, 1.165) is 0 Å². The zero-order valence-electron chi connectivity index (χ0n) is 7.61. The second-order valence-corrected chi connectivity index (χ2v) is 2.89. The highest BCUT2D eigenvalue weighted by molar-refractivity contribution is 5.94. The molecule has 13 heavy (non-hydrogen) atoms. The summed E-state index contributed by atoms with van der Waals surface area (Å²) < 4.78 is 0. The van der Waals surface area contributed by atoms with E-state index in [9.17, 15) is 4.79 Å². The third-order valence-electron chi connectivity index (χ3n) is 1.64. The summed E-state index contributed by atoms with van der Waals surface area (Å²) in [5, 5.41) is 8.61. The molecule has 1 rings (SSSR count). The number of anilines is 1. The first-order chi connectivity index (χ1) is 6.15. The van der Waals surface area contributed by atoms with Crippen molar-refractivity contribution in [2.45, 2.75) is 0 Å². The second-order valence-electron chi connectivity index (χ2n) is 2.89. The van der Waals surface area contributed by atoms with Crippen molar-refractivity contribution in [1.82, 2.24) is 4.90 Å². The number of hydrogen-bond donors (Lipinski definition) is 2. The van der Waals surface area contributed by atoms with Crippen LogP contribution in [0.25, 0.3) is 0 Å². The number of hydrogen-bond acceptors (Lipinski definition) is 3. The third-order valence-corrected chi connectivity index (χ3v) is 1.64. The van der Waals surface area contributed by atoms with Gasteiger partial charge < -0.3 is 4.90 Å². The smallest absolute Gasteiger partial charge is 0.253 e. The van der Waals surface area contributed by atoms with E-state index in [0.29, 0.717) is 11.3 Å². The molecule has 0 unspecified atom stereocenters. The van der Waals surface area contributed by atoms with Crippen LogP contribution in [-0.4, -0.2) is 30.1 Å². The van der Waals surface area contributed by atoms with Gasteiger partial charge in [-0.15, -0.1) is 0 Å². The lowest BCUT2D eigenvalue weighted by Gasteiger charge is -2.10. The molecule has 0 heterocycles. The van der Waals surface area contributed by atoms with Crippen molar-refractivity contribution in [3.8, 4) is 0 Å². The monoisotopic (exact) mass is 180 g/mol. The van der Waals surface area contributed by atoms with Crippen molar-refractivity contribution in [2.24, 2.45) is 0 Å². The molecule has 1 aromatic carbocycles. The lowest BCUT2D eigenvalue weighted by atomic mass is 10.2. The van der Waals surface area contributed by atoms with E-state index >= 15 is 0 Å². The van der Waals surface area contributed by atoms with Crippen LogP contribution in [-0.2, 0) is 0 Å². The summed E-state index contributed by atoms with van der Waals surface area (Å²) in [7, 11) is 3.36. The molecule has 0 bridgehead atoms. The Labute approximate surface area is 76.7 Å². The van der Waals surface area contributed by atoms with Gasteiger partial charge in [-0.05, 0) is 18.2 Å². The third kappa shape index (κ3) is 2.19. The van der Waals surface area contributed by atoms with Gasteiger partial charge in [-0.2, -0.15) is 0 Å². The van der Waals surface area contributed by atoms with Gasteiger partial charge in [0.25, 0.3) is 5.91 Å². The van der Waals surface area contributed by atoms with Crippen LogP contribution in [0.15, 0.2) is 24.3 Å². The molecule has 0 saturated carbocycles. The van der Waals surface area contributed by atoms with Gasteiger partial charge in [-0.25, -0.2) is 0 Å². The summed E-state index contributed by atoms with van der Waals surface area (Å²) in [4.78, 5) is 12.9. The fraction of sp³-hybridized carbons (Fsp3) is 0.222. The molecule has 0 aliphatic heterocycles. The van der Waals surface area contributed by atoms with Gasteiger partial charge in [0.15, 0.2) is 0 Å². The Bertz CT molecular complexity index is 310. The predicted molar refractivity (Wildman–Crippen MR) is 49.9 cm³/mol. The van der Waals surface area contributed by atoms with Crippen molar-refractivity contribution in [2.75, 3.05) is 19.6 Å². The number of amides is 1. The van der Waals surface area contributed by atoms with Gasteiger partial charge >= 0.3 is 0 Å². The van der Waals surface area contributed by atoms with Crippen molar-refractivity contribution in [1.29, 1.82) is 0 Å². The molecule has 0 aromatic heterocycles. The molecule has 4 nitrogen and oxygen atoms in total. The van der Waals surface area contributed by atoms with Crippen molar-refractivity contribution >= 4 is 11.6 Å². The molecule has 0 aliphatic rings. The Morgan fingerprint density at radius 1 is 1.46 bits per heavy atom. The summed E-state index contributed by atoms with van der Waals surface area (Å²) in [5.41, 5.74) is 3.04. The molecule has 0 saturated heterocycles. The first kappa shape index (κ1) is 9.54. The molecule has 0 fully saturated rings. The average Bonchev–Trinajstić information content (AvgIpc) is 2.16. The Balaban J connectivity index is 2.95. The van der Waals surface area contributed by atoms with E-state index in [1.165, 1.54) is 4.90 Å². The van der Waals surface area contributed by atoms with Crippen LogP contribution in [0.1, 0.15) is 10.4 Å². The Morgan fingerprint density at radius 2 is 2.15 bits per heavy atom. The van der Waals surface area contributed by atoms with Gasteiger partial charge in [-0.1, -0.05) is 6.07 Å². The lowest BCUT2D eigenvalue weighted by molar-refractivity contribution is 0.0827. The molecule has 2 N–H and O–H groups in total. The highest BCUT2D eigenvalue weighted by Gasteiger charge is 2.07. The number of carbonyl (C=O) groups excluding carboxylic acids is 1. The van der Waals surface area contributed by atoms with Crippen LogP contribution in [0.3, 0.4) is 0 Å². The summed E-state index contributed by atoms with van der Waals surface area (Å²) in [6, 6.07) is 6.66. The molecule has 0 spiro atoms. The van der Waals surface area contributed by atoms with E-state index < -0.39 is 0 Å². The van der Waals surface area contributed by atoms with Crippen LogP contribution in [0.4, 0.5) is 5.69 Å². The van der Waals surface area contributed by atoms with Crippen LogP contribution < -0.4 is 5.48 Å². The van der Waals surface area contributed by atoms with Crippen molar-refractivity contribution < 1.29 is 10.0 Å². The van der Waals surface area contributed by atoms with Gasteiger partial charge in [0.2, 0.25) is 0 Å². The number of benzene rings is 1. The molecule has 0 aliphatic carbocycles. The SMILES string of the molecule is CN(C)C(=O)c1cccc(NO)c1. The standard InChI is InChI=1S/C9H12N2O2/c1-11(2)9(12)7-4-3-5-8(6-7)10-13/h3-6,10,13H,1-2H3. The van der Waals surface area contributed by atoms with Gasteiger partial charge in [0.05, 0.1) is 5.69 Å². The van der Waals surface area contributed by atoms with Crippen LogP contribution in [0.5, 0.6) is 0 Å². The Kier molecular flexibility index (Phi) is 2.87. The quantitative estimate of drug-likeness (QED) is 0.672. The predicted octanol–water partition coefficient (Wildman–Crippen LogP) is 1.19. The highest BCUT2D eigenvalue weighted by atomic mass is 16.5. The lowest BCUT2D eigenvalue weighted by Crippen LogP contribution is -2.21. The van der Waals surface area contributed by atoms with Gasteiger partial charge in [-0.3, -0.25) is 15.5 Å². The summed E-state index contributed by atoms with van der Waals surface area (Å²) >= 11 is 0. The maximum absolute atomic E-state index is 11.4. The average molecular weight is 180 g/mol. The minimum absolute atomic E-state index is 0.0860. The zero-order valence-corrected chi connectivity index (χ0v) is 7.61. The summed E-state index contributed by atoms with van der Waals surface area (Å²) in [5.74, 6) is -0.0860. The number of carbonyl (C=O) groups is 1. The van der Waals surface area contributed by atoms with E-state index in [1.54, 1.807) is 38.4 Å². The normalized spacial score (nSPS) is 9.46. The van der Waals surface area contributed by atoms with Gasteiger partial charge in [0, 0.05) is 19.7 Å². The number of nitrogens with one attached hydrogen (secondary N) is 1. The van der Waals surface area contributed by atoms with E-state index in [1.807, 2.05) is 5.48 Å². The maximum atomic E-state index is 11.4. The summed E-state index contributed by atoms with van der Waals surface area (Å²) in [6.07, 6.45) is 0. The van der Waals surface area contributed by atoms with E-state index in [2.05, 4.69) is 0 Å². The largest absolute Gasteiger partial charge is 0.345 e. The molecule has 0 radical (unpaired) electrons. The second kappa shape index (κ2) is 3.91. The zero-order chi connectivity index (χ0) is 9.84. The molecule has 70 valence electrons. The van der Waals surface area contributed by atoms with Crippen LogP contribution in [0, 0.1) is 0 Å². The van der Waals surface area contributed by atoms with Crippen molar-refractivity contribution in [3.63, 3.8) is 0 Å². The van der Waals surface area contributed by atoms with E-state index in [4.69, 9.17) is 5.21 Å². The topological polar surface area (TPSA) is 52.6 Å². The van der Waals surface area contributed by atoms with Crippen LogP contribution >= 0.6 is 0 Å². The fourth-order valence-electron chi connectivity index (χ4n) is 0.980.